The number of aromatic nitrogens is 2. The van der Waals surface area contributed by atoms with E-state index in [1.165, 1.54) is 4.88 Å². The molecule has 0 saturated carbocycles. The fraction of sp³-hybridized carbons (Fsp3) is 0.412. The molecular weight excluding hydrogens is 326 g/mol. The van der Waals surface area contributed by atoms with Crippen LogP contribution in [-0.2, 0) is 17.8 Å². The molecular formula is C17H19N3O3S. The Morgan fingerprint density at radius 2 is 2.21 bits per heavy atom. The van der Waals surface area contributed by atoms with Gasteiger partial charge in [0, 0.05) is 24.6 Å². The molecule has 1 fully saturated rings. The lowest BCUT2D eigenvalue weighted by atomic mass is 10.2. The van der Waals surface area contributed by atoms with Gasteiger partial charge in [-0.3, -0.25) is 4.90 Å². The first kappa shape index (κ1) is 15.6. The van der Waals surface area contributed by atoms with Crippen molar-refractivity contribution in [2.24, 2.45) is 0 Å². The lowest BCUT2D eigenvalue weighted by Gasteiger charge is -2.23. The van der Waals surface area contributed by atoms with Gasteiger partial charge in [-0.1, -0.05) is 6.07 Å². The van der Waals surface area contributed by atoms with E-state index in [0.717, 1.165) is 32.5 Å². The molecule has 0 radical (unpaired) electrons. The highest BCUT2D eigenvalue weighted by Gasteiger charge is 2.22. The molecule has 3 aromatic heterocycles. The van der Waals surface area contributed by atoms with Crippen molar-refractivity contribution in [2.45, 2.75) is 32.0 Å². The van der Waals surface area contributed by atoms with Crippen LogP contribution < -0.4 is 0 Å². The van der Waals surface area contributed by atoms with Gasteiger partial charge in [0.15, 0.2) is 5.76 Å². The fourth-order valence-corrected chi connectivity index (χ4v) is 3.64. The van der Waals surface area contributed by atoms with Gasteiger partial charge in [0.1, 0.15) is 0 Å². The molecule has 1 saturated heterocycles. The molecule has 0 spiro atoms. The van der Waals surface area contributed by atoms with Gasteiger partial charge in [0.2, 0.25) is 5.89 Å². The molecule has 24 heavy (non-hydrogen) atoms. The van der Waals surface area contributed by atoms with Crippen molar-refractivity contribution in [2.75, 3.05) is 13.2 Å². The molecule has 0 unspecified atom stereocenters. The zero-order chi connectivity index (χ0) is 16.2. The van der Waals surface area contributed by atoms with Crippen molar-refractivity contribution in [3.63, 3.8) is 0 Å². The van der Waals surface area contributed by atoms with Crippen LogP contribution in [-0.4, -0.2) is 34.4 Å². The van der Waals surface area contributed by atoms with Gasteiger partial charge in [0.05, 0.1) is 18.9 Å². The first-order valence-corrected chi connectivity index (χ1v) is 8.97. The zero-order valence-corrected chi connectivity index (χ0v) is 14.1. The van der Waals surface area contributed by atoms with Crippen molar-refractivity contribution >= 4 is 11.3 Å². The van der Waals surface area contributed by atoms with Crippen molar-refractivity contribution in [1.29, 1.82) is 0 Å². The molecule has 0 aromatic carbocycles. The van der Waals surface area contributed by atoms with Crippen LogP contribution in [0.4, 0.5) is 0 Å². The second-order valence-corrected chi connectivity index (χ2v) is 6.89. The summed E-state index contributed by atoms with van der Waals surface area (Å²) in [6.07, 6.45) is 4.14. The van der Waals surface area contributed by atoms with Gasteiger partial charge < -0.3 is 13.6 Å². The van der Waals surface area contributed by atoms with Gasteiger partial charge in [-0.15, -0.1) is 21.5 Å². The van der Waals surface area contributed by atoms with E-state index in [0.29, 0.717) is 24.1 Å². The topological polar surface area (TPSA) is 64.5 Å². The summed E-state index contributed by atoms with van der Waals surface area (Å²) < 4.78 is 16.8. The van der Waals surface area contributed by atoms with E-state index in [2.05, 4.69) is 32.6 Å². The van der Waals surface area contributed by atoms with E-state index in [-0.39, 0.29) is 6.10 Å². The predicted molar refractivity (Wildman–Crippen MR) is 89.4 cm³/mol. The van der Waals surface area contributed by atoms with E-state index in [4.69, 9.17) is 13.6 Å². The number of ether oxygens (including phenoxy) is 1. The predicted octanol–water partition coefficient (Wildman–Crippen LogP) is 3.57. The highest BCUT2D eigenvalue weighted by molar-refractivity contribution is 7.09. The number of nitrogens with zero attached hydrogens (tertiary/aromatic N) is 3. The highest BCUT2D eigenvalue weighted by Crippen LogP contribution is 2.21. The van der Waals surface area contributed by atoms with Crippen LogP contribution in [0.25, 0.3) is 11.7 Å². The molecule has 1 aliphatic rings. The molecule has 1 atom stereocenters. The van der Waals surface area contributed by atoms with E-state index < -0.39 is 0 Å². The minimum atomic E-state index is 0.289. The Morgan fingerprint density at radius 1 is 1.21 bits per heavy atom. The summed E-state index contributed by atoms with van der Waals surface area (Å²) in [6, 6.07) is 7.84. The summed E-state index contributed by atoms with van der Waals surface area (Å²) in [4.78, 5) is 3.63. The van der Waals surface area contributed by atoms with Gasteiger partial charge in [-0.05, 0) is 36.4 Å². The summed E-state index contributed by atoms with van der Waals surface area (Å²) in [5.74, 6) is 1.61. The number of furan rings is 1. The van der Waals surface area contributed by atoms with Crippen LogP contribution in [0.5, 0.6) is 0 Å². The third-order valence-corrected chi connectivity index (χ3v) is 4.86. The SMILES string of the molecule is c1coc(-c2nnc(CN(Cc3cccs3)C[C@@H]3CCCO3)o2)c1. The summed E-state index contributed by atoms with van der Waals surface area (Å²) in [5, 5.41) is 10.3. The maximum Gasteiger partial charge on any atom is 0.283 e. The van der Waals surface area contributed by atoms with Crippen molar-refractivity contribution < 1.29 is 13.6 Å². The number of hydrogen-bond donors (Lipinski definition) is 0. The minimum Gasteiger partial charge on any atom is -0.459 e. The Bertz CT molecular complexity index is 733. The van der Waals surface area contributed by atoms with E-state index in [1.54, 1.807) is 23.7 Å². The Morgan fingerprint density at radius 3 is 2.96 bits per heavy atom. The first-order valence-electron chi connectivity index (χ1n) is 8.09. The van der Waals surface area contributed by atoms with Gasteiger partial charge >= 0.3 is 0 Å². The summed E-state index contributed by atoms with van der Waals surface area (Å²) in [5.41, 5.74) is 0. The molecule has 7 heteroatoms. The lowest BCUT2D eigenvalue weighted by molar-refractivity contribution is 0.0652. The average molecular weight is 345 g/mol. The average Bonchev–Trinajstić information content (AvgIpc) is 3.37. The van der Waals surface area contributed by atoms with E-state index >= 15 is 0 Å². The monoisotopic (exact) mass is 345 g/mol. The Labute approximate surface area is 144 Å². The number of rotatable bonds is 7. The third-order valence-electron chi connectivity index (χ3n) is 4.00. The molecule has 0 aliphatic carbocycles. The van der Waals surface area contributed by atoms with Crippen LogP contribution in [0.2, 0.25) is 0 Å². The standard InChI is InChI=1S/C17H19N3O3S/c1-4-13(21-7-1)10-20(11-14-5-3-9-24-14)12-16-18-19-17(23-16)15-6-2-8-22-15/h2-3,5-6,8-9,13H,1,4,7,10-12H2/t13-/m0/s1. The molecule has 6 nitrogen and oxygen atoms in total. The van der Waals surface area contributed by atoms with E-state index in [9.17, 15) is 0 Å². The molecule has 0 amide bonds. The normalized spacial score (nSPS) is 17.8. The summed E-state index contributed by atoms with van der Waals surface area (Å²) in [6.45, 7) is 3.19. The molecule has 1 aliphatic heterocycles. The molecule has 0 bridgehead atoms. The van der Waals surface area contributed by atoms with Crippen molar-refractivity contribution in [3.8, 4) is 11.7 Å². The van der Waals surface area contributed by atoms with Crippen LogP contribution in [0.15, 0.2) is 44.7 Å². The quantitative estimate of drug-likeness (QED) is 0.652. The molecule has 0 N–H and O–H groups in total. The maximum atomic E-state index is 5.78. The van der Waals surface area contributed by atoms with Crippen LogP contribution in [0, 0.1) is 0 Å². The fourth-order valence-electron chi connectivity index (χ4n) is 2.89. The molecule has 4 heterocycles. The summed E-state index contributed by atoms with van der Waals surface area (Å²) in [7, 11) is 0. The minimum absolute atomic E-state index is 0.289. The largest absolute Gasteiger partial charge is 0.459 e. The lowest BCUT2D eigenvalue weighted by Crippen LogP contribution is -2.31. The second kappa shape index (κ2) is 7.29. The van der Waals surface area contributed by atoms with Crippen LogP contribution in [0.1, 0.15) is 23.6 Å². The smallest absolute Gasteiger partial charge is 0.283 e. The molecule has 4 rings (SSSR count). The Kier molecular flexibility index (Phi) is 4.73. The second-order valence-electron chi connectivity index (χ2n) is 5.86. The third kappa shape index (κ3) is 3.75. The van der Waals surface area contributed by atoms with Crippen LogP contribution >= 0.6 is 11.3 Å². The van der Waals surface area contributed by atoms with Crippen molar-refractivity contribution in [3.05, 3.63) is 46.7 Å². The number of thiophene rings is 1. The Hall–Kier alpha value is -1.96. The summed E-state index contributed by atoms with van der Waals surface area (Å²) >= 11 is 1.76. The van der Waals surface area contributed by atoms with Crippen molar-refractivity contribution in [1.82, 2.24) is 15.1 Å². The van der Waals surface area contributed by atoms with Gasteiger partial charge in [-0.2, -0.15) is 0 Å². The maximum absolute atomic E-state index is 5.78. The van der Waals surface area contributed by atoms with E-state index in [1.807, 2.05) is 6.07 Å². The number of hydrogen-bond acceptors (Lipinski definition) is 7. The first-order chi connectivity index (χ1) is 11.9. The zero-order valence-electron chi connectivity index (χ0n) is 13.3. The molecule has 126 valence electrons. The van der Waals surface area contributed by atoms with Gasteiger partial charge in [-0.25, -0.2) is 0 Å². The van der Waals surface area contributed by atoms with Gasteiger partial charge in [0.25, 0.3) is 5.89 Å². The van der Waals surface area contributed by atoms with Crippen LogP contribution in [0.3, 0.4) is 0 Å². The Balaban J connectivity index is 1.46. The molecule has 3 aromatic rings. The highest BCUT2D eigenvalue weighted by atomic mass is 32.1.